The van der Waals surface area contributed by atoms with Crippen molar-refractivity contribution >= 4 is 0 Å². The molecule has 6 nitrogen and oxygen atoms in total. The second-order valence-electron chi connectivity index (χ2n) is 6.64. The smallest absolute Gasteiger partial charge is 0.154 e. The molecule has 1 aliphatic carbocycles. The fourth-order valence-electron chi connectivity index (χ4n) is 3.84. The maximum absolute atomic E-state index is 4.58. The van der Waals surface area contributed by atoms with Crippen molar-refractivity contribution in [2.45, 2.75) is 50.6 Å². The number of hydrogen-bond donors (Lipinski definition) is 1. The molecule has 0 radical (unpaired) electrons. The van der Waals surface area contributed by atoms with Crippen LogP contribution in [-0.4, -0.2) is 31.1 Å². The first-order valence-corrected chi connectivity index (χ1v) is 7.83. The summed E-state index contributed by atoms with van der Waals surface area (Å²) in [5.41, 5.74) is 1.37. The highest BCUT2D eigenvalue weighted by atomic mass is 15.3. The van der Waals surface area contributed by atoms with E-state index in [0.717, 1.165) is 24.5 Å². The average molecular weight is 286 g/mol. The van der Waals surface area contributed by atoms with Crippen molar-refractivity contribution in [3.8, 4) is 0 Å². The minimum absolute atomic E-state index is 0.110. The molecule has 6 heteroatoms. The Morgan fingerprint density at radius 1 is 1.29 bits per heavy atom. The summed E-state index contributed by atoms with van der Waals surface area (Å²) in [7, 11) is 1.95. The van der Waals surface area contributed by atoms with Crippen LogP contribution in [-0.2, 0) is 19.0 Å². The average Bonchev–Trinajstić information content (AvgIpc) is 3.17. The Morgan fingerprint density at radius 2 is 2.10 bits per heavy atom. The summed E-state index contributed by atoms with van der Waals surface area (Å²) in [4.78, 5) is 0. The molecule has 21 heavy (non-hydrogen) atoms. The predicted octanol–water partition coefficient (Wildman–Crippen LogP) is 1.54. The molecule has 2 aromatic rings. The van der Waals surface area contributed by atoms with E-state index < -0.39 is 0 Å². The first-order valence-electron chi connectivity index (χ1n) is 7.83. The molecule has 1 fully saturated rings. The molecule has 4 rings (SSSR count). The van der Waals surface area contributed by atoms with Gasteiger partial charge in [-0.1, -0.05) is 19.8 Å². The molecular formula is C15H22N6. The van der Waals surface area contributed by atoms with Gasteiger partial charge in [0.05, 0.1) is 12.2 Å². The minimum atomic E-state index is 0.110. The van der Waals surface area contributed by atoms with E-state index in [0.29, 0.717) is 0 Å². The van der Waals surface area contributed by atoms with Crippen LogP contribution in [0.2, 0.25) is 0 Å². The van der Waals surface area contributed by atoms with E-state index in [1.165, 1.54) is 31.5 Å². The van der Waals surface area contributed by atoms with Crippen molar-refractivity contribution in [1.82, 2.24) is 29.9 Å². The molecule has 0 aromatic carbocycles. The Kier molecular flexibility index (Phi) is 2.89. The lowest BCUT2D eigenvalue weighted by molar-refractivity contribution is 0.392. The Balaban J connectivity index is 1.75. The molecule has 0 bridgehead atoms. The van der Waals surface area contributed by atoms with Crippen LogP contribution < -0.4 is 5.32 Å². The molecule has 112 valence electrons. The Morgan fingerprint density at radius 3 is 2.81 bits per heavy atom. The summed E-state index contributed by atoms with van der Waals surface area (Å²) in [6.07, 6.45) is 9.05. The van der Waals surface area contributed by atoms with Crippen molar-refractivity contribution < 1.29 is 0 Å². The fraction of sp³-hybridized carbons (Fsp3) is 0.667. The number of hydrogen-bond acceptors (Lipinski definition) is 4. The molecule has 0 saturated heterocycles. The van der Waals surface area contributed by atoms with Crippen molar-refractivity contribution in [2.75, 3.05) is 6.54 Å². The zero-order valence-electron chi connectivity index (χ0n) is 12.7. The van der Waals surface area contributed by atoms with Crippen molar-refractivity contribution in [3.63, 3.8) is 0 Å². The molecule has 1 aliphatic heterocycles. The quantitative estimate of drug-likeness (QED) is 0.909. The van der Waals surface area contributed by atoms with E-state index in [4.69, 9.17) is 0 Å². The monoisotopic (exact) mass is 286 g/mol. The third-order valence-electron chi connectivity index (χ3n) is 5.03. The molecule has 3 heterocycles. The largest absolute Gasteiger partial charge is 0.312 e. The topological polar surface area (TPSA) is 60.6 Å². The Bertz CT molecular complexity index is 649. The van der Waals surface area contributed by atoms with Crippen LogP contribution in [0, 0.1) is 0 Å². The predicted molar refractivity (Wildman–Crippen MR) is 78.9 cm³/mol. The van der Waals surface area contributed by atoms with Crippen molar-refractivity contribution in [1.29, 1.82) is 0 Å². The number of nitrogens with one attached hydrogen (secondary N) is 1. The normalized spacial score (nSPS) is 24.2. The van der Waals surface area contributed by atoms with Gasteiger partial charge in [0.15, 0.2) is 5.82 Å². The van der Waals surface area contributed by atoms with Gasteiger partial charge in [-0.15, -0.1) is 10.2 Å². The minimum Gasteiger partial charge on any atom is -0.312 e. The first kappa shape index (κ1) is 13.0. The van der Waals surface area contributed by atoms with Crippen LogP contribution in [0.4, 0.5) is 0 Å². The maximum atomic E-state index is 4.58. The lowest BCUT2D eigenvalue weighted by Crippen LogP contribution is -2.36. The summed E-state index contributed by atoms with van der Waals surface area (Å²) in [6, 6.07) is 0.110. The zero-order chi connectivity index (χ0) is 14.4. The number of aromatic nitrogens is 5. The standard InChI is InChI=1S/C15H22N6/c1-15(5-3-4-6-15)14-19-18-13-12(16-7-8-21(13)14)11-9-17-20(2)10-11/h9-10,12,16H,3-8H2,1-2H3. The van der Waals surface area contributed by atoms with Gasteiger partial charge in [0.1, 0.15) is 5.82 Å². The summed E-state index contributed by atoms with van der Waals surface area (Å²) in [6.45, 7) is 4.26. The van der Waals surface area contributed by atoms with Crippen molar-refractivity contribution in [3.05, 3.63) is 29.6 Å². The fourth-order valence-corrected chi connectivity index (χ4v) is 3.84. The van der Waals surface area contributed by atoms with Gasteiger partial charge in [0, 0.05) is 37.3 Å². The maximum Gasteiger partial charge on any atom is 0.154 e. The van der Waals surface area contributed by atoms with E-state index in [1.54, 1.807) is 0 Å². The highest BCUT2D eigenvalue weighted by Crippen LogP contribution is 2.40. The molecule has 1 N–H and O–H groups in total. The van der Waals surface area contributed by atoms with Crippen LogP contribution in [0.25, 0.3) is 0 Å². The third kappa shape index (κ3) is 2.00. The van der Waals surface area contributed by atoms with Crippen LogP contribution in [0.1, 0.15) is 55.9 Å². The lowest BCUT2D eigenvalue weighted by atomic mass is 9.87. The van der Waals surface area contributed by atoms with E-state index in [9.17, 15) is 0 Å². The molecule has 2 aliphatic rings. The second kappa shape index (κ2) is 4.66. The SMILES string of the molecule is Cn1cc(C2NCCn3c2nnc3C2(C)CCCC2)cn1. The van der Waals surface area contributed by atoms with Crippen LogP contribution >= 0.6 is 0 Å². The lowest BCUT2D eigenvalue weighted by Gasteiger charge is -2.28. The number of fused-ring (bicyclic) bond motifs is 1. The van der Waals surface area contributed by atoms with E-state index in [1.807, 2.05) is 17.9 Å². The van der Waals surface area contributed by atoms with Gasteiger partial charge in [0.2, 0.25) is 0 Å². The van der Waals surface area contributed by atoms with Crippen LogP contribution in [0.5, 0.6) is 0 Å². The molecule has 1 unspecified atom stereocenters. The highest BCUT2D eigenvalue weighted by Gasteiger charge is 2.38. The summed E-state index contributed by atoms with van der Waals surface area (Å²) < 4.78 is 4.19. The molecular weight excluding hydrogens is 264 g/mol. The first-order chi connectivity index (χ1) is 10.2. The summed E-state index contributed by atoms with van der Waals surface area (Å²) in [5.74, 6) is 2.22. The van der Waals surface area contributed by atoms with Gasteiger partial charge in [-0.3, -0.25) is 4.68 Å². The third-order valence-corrected chi connectivity index (χ3v) is 5.03. The van der Waals surface area contributed by atoms with Gasteiger partial charge in [-0.25, -0.2) is 0 Å². The molecule has 1 saturated carbocycles. The van der Waals surface area contributed by atoms with E-state index >= 15 is 0 Å². The molecule has 1 atom stereocenters. The number of nitrogens with zero attached hydrogens (tertiary/aromatic N) is 5. The van der Waals surface area contributed by atoms with Gasteiger partial charge in [-0.05, 0) is 12.8 Å². The molecule has 0 spiro atoms. The van der Waals surface area contributed by atoms with E-state index in [-0.39, 0.29) is 11.5 Å². The Labute approximate surface area is 124 Å². The molecule has 2 aromatic heterocycles. The van der Waals surface area contributed by atoms with Crippen molar-refractivity contribution in [2.24, 2.45) is 7.05 Å². The highest BCUT2D eigenvalue weighted by molar-refractivity contribution is 5.23. The Hall–Kier alpha value is -1.69. The van der Waals surface area contributed by atoms with Gasteiger partial charge in [-0.2, -0.15) is 5.10 Å². The summed E-state index contributed by atoms with van der Waals surface area (Å²) in [5, 5.41) is 16.9. The zero-order valence-corrected chi connectivity index (χ0v) is 12.7. The summed E-state index contributed by atoms with van der Waals surface area (Å²) >= 11 is 0. The van der Waals surface area contributed by atoms with Gasteiger partial charge in [0.25, 0.3) is 0 Å². The van der Waals surface area contributed by atoms with Gasteiger partial charge >= 0.3 is 0 Å². The van der Waals surface area contributed by atoms with E-state index in [2.05, 4.69) is 38.3 Å². The van der Waals surface area contributed by atoms with Gasteiger partial charge < -0.3 is 9.88 Å². The molecule has 0 amide bonds. The second-order valence-corrected chi connectivity index (χ2v) is 6.64. The number of aryl methyl sites for hydroxylation is 1. The van der Waals surface area contributed by atoms with Crippen LogP contribution in [0.15, 0.2) is 12.4 Å². The van der Waals surface area contributed by atoms with Crippen LogP contribution in [0.3, 0.4) is 0 Å². The number of rotatable bonds is 2.